The van der Waals surface area contributed by atoms with Crippen molar-refractivity contribution >= 4 is 17.7 Å². The molecule has 3 rings (SSSR count). The monoisotopic (exact) mass is 319 g/mol. The van der Waals surface area contributed by atoms with Gasteiger partial charge in [-0.2, -0.15) is 5.10 Å². The van der Waals surface area contributed by atoms with E-state index in [1.807, 2.05) is 11.6 Å². The third kappa shape index (κ3) is 2.88. The minimum atomic E-state index is -0.306. The SMILES string of the molecule is C[C@@H](SCc1nn(-c2ccc(F)cc2)c2c1CCC2)C(N)=O. The molecule has 0 fully saturated rings. The molecule has 2 aromatic rings. The van der Waals surface area contributed by atoms with Gasteiger partial charge < -0.3 is 5.73 Å². The first-order valence-corrected chi connectivity index (χ1v) is 8.37. The number of amides is 1. The predicted molar refractivity (Wildman–Crippen MR) is 85.5 cm³/mol. The maximum Gasteiger partial charge on any atom is 0.230 e. The molecule has 0 bridgehead atoms. The van der Waals surface area contributed by atoms with Gasteiger partial charge in [0.2, 0.25) is 5.91 Å². The zero-order valence-corrected chi connectivity index (χ0v) is 13.2. The summed E-state index contributed by atoms with van der Waals surface area (Å²) in [6.07, 6.45) is 3.10. The fraction of sp³-hybridized carbons (Fsp3) is 0.375. The molecule has 1 aliphatic carbocycles. The molecule has 1 aromatic heterocycles. The zero-order valence-electron chi connectivity index (χ0n) is 12.4. The van der Waals surface area contributed by atoms with Crippen LogP contribution in [-0.4, -0.2) is 20.9 Å². The van der Waals surface area contributed by atoms with E-state index in [1.54, 1.807) is 12.1 Å². The molecule has 0 unspecified atom stereocenters. The van der Waals surface area contributed by atoms with E-state index in [4.69, 9.17) is 5.73 Å². The molecule has 0 saturated heterocycles. The van der Waals surface area contributed by atoms with Crippen LogP contribution in [0.1, 0.15) is 30.3 Å². The normalized spacial score (nSPS) is 14.8. The molecular formula is C16H18FN3OS. The van der Waals surface area contributed by atoms with E-state index in [9.17, 15) is 9.18 Å². The topological polar surface area (TPSA) is 60.9 Å². The first-order chi connectivity index (χ1) is 10.6. The predicted octanol–water partition coefficient (Wildman–Crippen LogP) is 2.61. The largest absolute Gasteiger partial charge is 0.369 e. The molecule has 1 atom stereocenters. The van der Waals surface area contributed by atoms with Crippen LogP contribution in [0.5, 0.6) is 0 Å². The summed E-state index contributed by atoms with van der Waals surface area (Å²) in [5.74, 6) is 0.110. The number of hydrogen-bond donors (Lipinski definition) is 1. The Labute approximate surface area is 132 Å². The number of benzene rings is 1. The summed E-state index contributed by atoms with van der Waals surface area (Å²) in [5, 5.41) is 4.46. The van der Waals surface area contributed by atoms with Crippen LogP contribution in [0.4, 0.5) is 4.39 Å². The van der Waals surface area contributed by atoms with Crippen molar-refractivity contribution in [1.29, 1.82) is 0 Å². The number of nitrogens with two attached hydrogens (primary N) is 1. The van der Waals surface area contributed by atoms with E-state index >= 15 is 0 Å². The van der Waals surface area contributed by atoms with Gasteiger partial charge in [0.1, 0.15) is 5.82 Å². The Morgan fingerprint density at radius 3 is 2.82 bits per heavy atom. The minimum Gasteiger partial charge on any atom is -0.369 e. The molecule has 0 radical (unpaired) electrons. The summed E-state index contributed by atoms with van der Waals surface area (Å²) in [5.41, 5.74) is 9.66. The van der Waals surface area contributed by atoms with Crippen molar-refractivity contribution in [3.8, 4) is 5.69 Å². The summed E-state index contributed by atoms with van der Waals surface area (Å²) >= 11 is 1.50. The molecule has 0 aliphatic heterocycles. The molecule has 2 N–H and O–H groups in total. The number of carbonyl (C=O) groups excluding carboxylic acids is 1. The van der Waals surface area contributed by atoms with Gasteiger partial charge in [-0.25, -0.2) is 9.07 Å². The lowest BCUT2D eigenvalue weighted by Crippen LogP contribution is -2.22. The van der Waals surface area contributed by atoms with Crippen molar-refractivity contribution in [2.24, 2.45) is 5.73 Å². The van der Waals surface area contributed by atoms with E-state index < -0.39 is 0 Å². The molecule has 6 heteroatoms. The van der Waals surface area contributed by atoms with E-state index in [0.29, 0.717) is 5.75 Å². The minimum absolute atomic E-state index is 0.229. The fourth-order valence-electron chi connectivity index (χ4n) is 2.71. The van der Waals surface area contributed by atoms with Crippen LogP contribution in [0, 0.1) is 5.82 Å². The Hall–Kier alpha value is -1.82. The van der Waals surface area contributed by atoms with Crippen LogP contribution in [0.25, 0.3) is 5.69 Å². The maximum atomic E-state index is 13.1. The van der Waals surface area contributed by atoms with Crippen molar-refractivity contribution in [2.45, 2.75) is 37.2 Å². The van der Waals surface area contributed by atoms with Crippen LogP contribution in [0.3, 0.4) is 0 Å². The third-order valence-electron chi connectivity index (χ3n) is 3.96. The Bertz CT molecular complexity index is 696. The quantitative estimate of drug-likeness (QED) is 0.921. The molecule has 1 amide bonds. The lowest BCUT2D eigenvalue weighted by atomic mass is 10.2. The van der Waals surface area contributed by atoms with Gasteiger partial charge in [0.25, 0.3) is 0 Å². The van der Waals surface area contributed by atoms with Gasteiger partial charge in [0.05, 0.1) is 16.6 Å². The molecule has 1 aromatic carbocycles. The Balaban J connectivity index is 1.88. The summed E-state index contributed by atoms with van der Waals surface area (Å²) in [4.78, 5) is 11.2. The molecule has 1 aliphatic rings. The molecule has 22 heavy (non-hydrogen) atoms. The standard InChI is InChI=1S/C16H18FN3OS/c1-10(16(18)21)22-9-14-13-3-2-4-15(13)20(19-14)12-7-5-11(17)6-8-12/h5-8,10H,2-4,9H2,1H3,(H2,18,21)/t10-/m1/s1. The van der Waals surface area contributed by atoms with Crippen LogP contribution < -0.4 is 5.73 Å². The Morgan fingerprint density at radius 1 is 1.41 bits per heavy atom. The molecule has 4 nitrogen and oxygen atoms in total. The number of carbonyl (C=O) groups is 1. The second-order valence-electron chi connectivity index (χ2n) is 5.47. The number of halogens is 1. The van der Waals surface area contributed by atoms with Gasteiger partial charge in [-0.3, -0.25) is 4.79 Å². The number of aromatic nitrogens is 2. The van der Waals surface area contributed by atoms with Gasteiger partial charge in [0.15, 0.2) is 0 Å². The highest BCUT2D eigenvalue weighted by atomic mass is 32.2. The van der Waals surface area contributed by atoms with Crippen LogP contribution in [0.2, 0.25) is 0 Å². The average Bonchev–Trinajstić information content (AvgIpc) is 3.08. The lowest BCUT2D eigenvalue weighted by Gasteiger charge is -2.06. The number of fused-ring (bicyclic) bond motifs is 1. The highest BCUT2D eigenvalue weighted by molar-refractivity contribution is 7.99. The van der Waals surface area contributed by atoms with Gasteiger partial charge >= 0.3 is 0 Å². The smallest absolute Gasteiger partial charge is 0.230 e. The summed E-state index contributed by atoms with van der Waals surface area (Å²) in [6, 6.07) is 6.37. The van der Waals surface area contributed by atoms with Crippen molar-refractivity contribution in [2.75, 3.05) is 0 Å². The van der Waals surface area contributed by atoms with E-state index in [0.717, 1.165) is 30.6 Å². The van der Waals surface area contributed by atoms with Crippen LogP contribution >= 0.6 is 11.8 Å². The molecule has 1 heterocycles. The van der Waals surface area contributed by atoms with Gasteiger partial charge in [-0.15, -0.1) is 11.8 Å². The number of primary amides is 1. The van der Waals surface area contributed by atoms with E-state index in [2.05, 4.69) is 5.10 Å². The van der Waals surface area contributed by atoms with Crippen LogP contribution in [-0.2, 0) is 23.4 Å². The third-order valence-corrected chi connectivity index (χ3v) is 5.13. The first kappa shape index (κ1) is 15.1. The number of rotatable bonds is 5. The molecule has 0 saturated carbocycles. The Kier molecular flexibility index (Phi) is 4.20. The van der Waals surface area contributed by atoms with E-state index in [-0.39, 0.29) is 17.0 Å². The first-order valence-electron chi connectivity index (χ1n) is 7.33. The summed E-state index contributed by atoms with van der Waals surface area (Å²) in [6.45, 7) is 1.81. The lowest BCUT2D eigenvalue weighted by molar-refractivity contribution is -0.117. The van der Waals surface area contributed by atoms with Gasteiger partial charge in [-0.05, 0) is 56.0 Å². The maximum absolute atomic E-state index is 13.1. The number of hydrogen-bond acceptors (Lipinski definition) is 3. The Morgan fingerprint density at radius 2 is 2.14 bits per heavy atom. The molecule has 116 valence electrons. The highest BCUT2D eigenvalue weighted by Crippen LogP contribution is 2.30. The highest BCUT2D eigenvalue weighted by Gasteiger charge is 2.23. The second kappa shape index (κ2) is 6.12. The van der Waals surface area contributed by atoms with E-state index in [1.165, 1.54) is 35.2 Å². The number of nitrogens with zero attached hydrogens (tertiary/aromatic N) is 2. The summed E-state index contributed by atoms with van der Waals surface area (Å²) < 4.78 is 15.0. The second-order valence-corrected chi connectivity index (χ2v) is 6.80. The fourth-order valence-corrected chi connectivity index (χ4v) is 3.52. The average molecular weight is 319 g/mol. The van der Waals surface area contributed by atoms with Crippen LogP contribution in [0.15, 0.2) is 24.3 Å². The van der Waals surface area contributed by atoms with Crippen molar-refractivity contribution in [1.82, 2.24) is 9.78 Å². The zero-order chi connectivity index (χ0) is 15.7. The van der Waals surface area contributed by atoms with Gasteiger partial charge in [0, 0.05) is 11.4 Å². The summed E-state index contributed by atoms with van der Waals surface area (Å²) in [7, 11) is 0. The van der Waals surface area contributed by atoms with Crippen molar-refractivity contribution in [3.63, 3.8) is 0 Å². The molecular weight excluding hydrogens is 301 g/mol. The van der Waals surface area contributed by atoms with Crippen molar-refractivity contribution in [3.05, 3.63) is 47.0 Å². The van der Waals surface area contributed by atoms with Crippen molar-refractivity contribution < 1.29 is 9.18 Å². The van der Waals surface area contributed by atoms with Gasteiger partial charge in [-0.1, -0.05) is 0 Å². The number of thioether (sulfide) groups is 1. The molecule has 0 spiro atoms.